The van der Waals surface area contributed by atoms with E-state index in [4.69, 9.17) is 21.3 Å². The van der Waals surface area contributed by atoms with Crippen LogP contribution in [0.5, 0.6) is 0 Å². The number of primary amides is 1. The average Bonchev–Trinajstić information content (AvgIpc) is 2.81. The van der Waals surface area contributed by atoms with E-state index in [1.165, 1.54) is 10.9 Å². The summed E-state index contributed by atoms with van der Waals surface area (Å²) >= 11 is 0. The fourth-order valence-electron chi connectivity index (χ4n) is 1.84. The van der Waals surface area contributed by atoms with Crippen molar-refractivity contribution < 1.29 is 19.7 Å². The van der Waals surface area contributed by atoms with Gasteiger partial charge in [-0.3, -0.25) is 9.36 Å². The Morgan fingerprint density at radius 3 is 2.88 bits per heavy atom. The van der Waals surface area contributed by atoms with Gasteiger partial charge in [0, 0.05) is 6.42 Å². The van der Waals surface area contributed by atoms with Crippen molar-refractivity contribution >= 4 is 11.7 Å². The van der Waals surface area contributed by atoms with Gasteiger partial charge in [0.25, 0.3) is 5.91 Å². The van der Waals surface area contributed by atoms with Crippen molar-refractivity contribution in [3.8, 4) is 0 Å². The molecule has 1 fully saturated rings. The monoisotopic (exact) mass is 243 g/mol. The molecule has 1 amide bonds. The van der Waals surface area contributed by atoms with Crippen LogP contribution in [0.3, 0.4) is 0 Å². The van der Waals surface area contributed by atoms with Crippen LogP contribution in [-0.2, 0) is 4.74 Å². The maximum Gasteiger partial charge on any atom is 0.271 e. The van der Waals surface area contributed by atoms with Crippen LogP contribution < -0.4 is 11.5 Å². The highest BCUT2D eigenvalue weighted by atomic mass is 16.5. The van der Waals surface area contributed by atoms with Crippen molar-refractivity contribution in [3.63, 3.8) is 0 Å². The number of rotatable bonds is 3. The number of anilines is 1. The number of nitrogen functional groups attached to an aromatic ring is 1. The molecule has 1 aliphatic rings. The largest absolute Gasteiger partial charge is 0.394 e. The van der Waals surface area contributed by atoms with Crippen molar-refractivity contribution in [1.29, 1.82) is 0 Å². The predicted octanol–water partition coefficient (Wildman–Crippen LogP) is -1.80. The van der Waals surface area contributed by atoms with E-state index >= 15 is 0 Å². The van der Waals surface area contributed by atoms with Crippen LogP contribution in [0.1, 0.15) is 23.1 Å². The summed E-state index contributed by atoms with van der Waals surface area (Å²) in [5, 5.41) is 18.5. The van der Waals surface area contributed by atoms with Gasteiger partial charge in [-0.25, -0.2) is 4.98 Å². The Morgan fingerprint density at radius 1 is 1.71 bits per heavy atom. The molecule has 0 aromatic carbocycles. The van der Waals surface area contributed by atoms with E-state index in [1.807, 2.05) is 0 Å². The highest BCUT2D eigenvalue weighted by Gasteiger charge is 2.35. The van der Waals surface area contributed by atoms with Crippen molar-refractivity contribution in [2.75, 3.05) is 12.3 Å². The van der Waals surface area contributed by atoms with Crippen molar-refractivity contribution in [2.24, 2.45) is 5.73 Å². The van der Waals surface area contributed by atoms with E-state index in [1.54, 1.807) is 0 Å². The number of hydrogen-bond donors (Lipinski definition) is 4. The van der Waals surface area contributed by atoms with Crippen LogP contribution in [0.2, 0.25) is 0 Å². The molecular weight excluding hydrogens is 229 g/mol. The highest BCUT2D eigenvalue weighted by molar-refractivity contribution is 5.95. The summed E-state index contributed by atoms with van der Waals surface area (Å²) in [7, 11) is 0. The number of amides is 1. The maximum atomic E-state index is 11.0. The molecule has 1 aliphatic heterocycles. The molecule has 2 rings (SSSR count). The number of aromatic nitrogens is 2. The van der Waals surface area contributed by atoms with Crippen LogP contribution >= 0.6 is 0 Å². The van der Waals surface area contributed by atoms with E-state index in [0.29, 0.717) is 0 Å². The predicted molar refractivity (Wildman–Crippen MR) is 56.8 cm³/mol. The number of hydrogen-bond acceptors (Lipinski definition) is 6. The van der Waals surface area contributed by atoms with Gasteiger partial charge in [-0.15, -0.1) is 0 Å². The first kappa shape index (κ1) is 11.8. The van der Waals surface area contributed by atoms with Crippen molar-refractivity contribution in [2.45, 2.75) is 24.9 Å². The number of nitrogens with zero attached hydrogens (tertiary/aromatic N) is 2. The first-order valence-corrected chi connectivity index (χ1v) is 5.11. The molecule has 1 aromatic rings. The van der Waals surface area contributed by atoms with E-state index in [-0.39, 0.29) is 24.5 Å². The van der Waals surface area contributed by atoms with Gasteiger partial charge in [-0.1, -0.05) is 0 Å². The maximum absolute atomic E-state index is 11.0. The van der Waals surface area contributed by atoms with Gasteiger partial charge in [-0.2, -0.15) is 0 Å². The van der Waals surface area contributed by atoms with Crippen molar-refractivity contribution in [1.82, 2.24) is 9.55 Å². The van der Waals surface area contributed by atoms with E-state index < -0.39 is 24.3 Å². The number of aliphatic hydroxyl groups excluding tert-OH is 2. The molecule has 2 heterocycles. The molecule has 0 spiro atoms. The first-order valence-electron chi connectivity index (χ1n) is 5.11. The Bertz CT molecular complexity index is 433. The highest BCUT2D eigenvalue weighted by Crippen LogP contribution is 2.30. The van der Waals surface area contributed by atoms with E-state index in [2.05, 4.69) is 4.98 Å². The Kier molecular flexibility index (Phi) is 3.01. The molecular formula is C9H14N4O4. The molecule has 3 atom stereocenters. The molecule has 6 N–H and O–H groups in total. The number of carbonyl (C=O) groups is 1. The standard InChI is InChI=1S/C9H14N4O4/c10-8-7(9(11)16)12-3-13(8)6-1-4(15)5(2-14)17-6/h3-6,14-15H,1-2,10H2,(H2,11,16)/t4-,5+,6+/m0/s1/i11+1. The molecule has 1 saturated heterocycles. The molecule has 1 aromatic heterocycles. The Hall–Kier alpha value is -1.64. The zero-order valence-corrected chi connectivity index (χ0v) is 8.98. The fraction of sp³-hybridized carbons (Fsp3) is 0.556. The topological polar surface area (TPSA) is 137 Å². The van der Waals surface area contributed by atoms with Gasteiger partial charge in [-0.05, 0) is 0 Å². The lowest BCUT2D eigenvalue weighted by atomic mass is 10.2. The van der Waals surface area contributed by atoms with Crippen LogP contribution in [0.15, 0.2) is 6.33 Å². The zero-order valence-electron chi connectivity index (χ0n) is 8.98. The number of imidazole rings is 1. The van der Waals surface area contributed by atoms with Gasteiger partial charge in [0.1, 0.15) is 18.1 Å². The second-order valence-electron chi connectivity index (χ2n) is 3.86. The van der Waals surface area contributed by atoms with Gasteiger partial charge in [0.2, 0.25) is 0 Å². The molecule has 0 aliphatic carbocycles. The number of ether oxygens (including phenoxy) is 1. The van der Waals surface area contributed by atoms with Gasteiger partial charge in [0.15, 0.2) is 5.69 Å². The summed E-state index contributed by atoms with van der Waals surface area (Å²) in [4.78, 5) is 14.7. The smallest absolute Gasteiger partial charge is 0.271 e. The summed E-state index contributed by atoms with van der Waals surface area (Å²) in [5.41, 5.74) is 10.7. The van der Waals surface area contributed by atoms with E-state index in [9.17, 15) is 9.90 Å². The Morgan fingerprint density at radius 2 is 2.41 bits per heavy atom. The SMILES string of the molecule is Nc1c(C([15NH2])=O)ncn1[C@H]1C[C@H](O)[C@@H](CO)O1. The lowest BCUT2D eigenvalue weighted by Gasteiger charge is -2.14. The minimum Gasteiger partial charge on any atom is -0.394 e. The van der Waals surface area contributed by atoms with Crippen molar-refractivity contribution in [3.05, 3.63) is 12.0 Å². The second kappa shape index (κ2) is 4.32. The number of aliphatic hydroxyl groups is 2. The summed E-state index contributed by atoms with van der Waals surface area (Å²) in [6.45, 7) is -0.283. The molecule has 0 bridgehead atoms. The summed E-state index contributed by atoms with van der Waals surface area (Å²) in [5.74, 6) is -0.633. The molecule has 0 radical (unpaired) electrons. The van der Waals surface area contributed by atoms with Gasteiger partial charge in [0.05, 0.1) is 19.0 Å². The molecule has 0 saturated carbocycles. The van der Waals surface area contributed by atoms with Crippen LogP contribution in [0, 0.1) is 0 Å². The van der Waals surface area contributed by atoms with Crippen LogP contribution in [0.4, 0.5) is 5.82 Å². The van der Waals surface area contributed by atoms with Crippen LogP contribution in [-0.4, -0.2) is 44.5 Å². The Labute approximate surface area is 96.8 Å². The molecule has 8 heteroatoms. The quantitative estimate of drug-likeness (QED) is 0.462. The number of carbonyl (C=O) groups excluding carboxylic acids is 1. The third-order valence-electron chi connectivity index (χ3n) is 2.76. The van der Waals surface area contributed by atoms with E-state index in [0.717, 1.165) is 0 Å². The average molecular weight is 243 g/mol. The van der Waals surface area contributed by atoms with Gasteiger partial charge < -0.3 is 26.4 Å². The summed E-state index contributed by atoms with van der Waals surface area (Å²) in [6.07, 6.45) is -0.387. The summed E-state index contributed by atoms with van der Waals surface area (Å²) < 4.78 is 6.79. The minimum absolute atomic E-state index is 0.0319. The third-order valence-corrected chi connectivity index (χ3v) is 2.76. The fourth-order valence-corrected chi connectivity index (χ4v) is 1.84. The minimum atomic E-state index is -0.774. The second-order valence-corrected chi connectivity index (χ2v) is 3.86. The third kappa shape index (κ3) is 1.97. The lowest BCUT2D eigenvalue weighted by Crippen LogP contribution is -2.24. The zero-order chi connectivity index (χ0) is 12.6. The normalized spacial score (nSPS) is 28.5. The van der Waals surface area contributed by atoms with Crippen LogP contribution in [0.25, 0.3) is 0 Å². The lowest BCUT2D eigenvalue weighted by molar-refractivity contribution is -0.0436. The van der Waals surface area contributed by atoms with Gasteiger partial charge >= 0.3 is 0 Å². The molecule has 0 unspecified atom stereocenters. The molecule has 8 nitrogen and oxygen atoms in total. The Balaban J connectivity index is 2.22. The summed E-state index contributed by atoms with van der Waals surface area (Å²) in [6, 6.07) is 0. The number of nitrogens with two attached hydrogens (primary N) is 2. The first-order chi connectivity index (χ1) is 8.04. The molecule has 17 heavy (non-hydrogen) atoms. The molecule has 94 valence electrons.